The average Bonchev–Trinajstić information content (AvgIpc) is 2.19. The van der Waals surface area contributed by atoms with Crippen molar-refractivity contribution in [2.45, 2.75) is 26.4 Å². The topological polar surface area (TPSA) is 15.3 Å². The van der Waals surface area contributed by atoms with Crippen molar-refractivity contribution in [2.24, 2.45) is 0 Å². The molecule has 1 aliphatic heterocycles. The van der Waals surface area contributed by atoms with Gasteiger partial charge in [-0.3, -0.25) is 4.90 Å². The highest BCUT2D eigenvalue weighted by molar-refractivity contribution is 5.26. The molecular formula is C13H19FN2. The van der Waals surface area contributed by atoms with E-state index >= 15 is 0 Å². The first-order valence-corrected chi connectivity index (χ1v) is 5.90. The number of rotatable bonds is 4. The first-order valence-electron chi connectivity index (χ1n) is 5.90. The van der Waals surface area contributed by atoms with E-state index in [0.29, 0.717) is 6.04 Å². The highest BCUT2D eigenvalue weighted by Crippen LogP contribution is 2.15. The average molecular weight is 222 g/mol. The van der Waals surface area contributed by atoms with E-state index < -0.39 is 0 Å². The Morgan fingerprint density at radius 1 is 1.44 bits per heavy atom. The molecule has 1 heterocycles. The van der Waals surface area contributed by atoms with Crippen LogP contribution < -0.4 is 5.32 Å². The molecule has 1 saturated heterocycles. The molecule has 16 heavy (non-hydrogen) atoms. The lowest BCUT2D eigenvalue weighted by molar-refractivity contribution is 0.145. The molecule has 1 aromatic carbocycles. The monoisotopic (exact) mass is 222 g/mol. The summed E-state index contributed by atoms with van der Waals surface area (Å²) in [4.78, 5) is 2.40. The van der Waals surface area contributed by atoms with Gasteiger partial charge in [0.05, 0.1) is 0 Å². The van der Waals surface area contributed by atoms with Gasteiger partial charge in [0, 0.05) is 25.7 Å². The molecule has 0 unspecified atom stereocenters. The zero-order valence-corrected chi connectivity index (χ0v) is 9.96. The summed E-state index contributed by atoms with van der Waals surface area (Å²) >= 11 is 0. The molecule has 0 bridgehead atoms. The smallest absolute Gasteiger partial charge is 0.123 e. The molecule has 3 heteroatoms. The van der Waals surface area contributed by atoms with E-state index in [4.69, 9.17) is 0 Å². The van der Waals surface area contributed by atoms with Gasteiger partial charge >= 0.3 is 0 Å². The van der Waals surface area contributed by atoms with E-state index in [-0.39, 0.29) is 5.82 Å². The zero-order chi connectivity index (χ0) is 11.5. The van der Waals surface area contributed by atoms with Crippen LogP contribution in [0.25, 0.3) is 0 Å². The van der Waals surface area contributed by atoms with Gasteiger partial charge in [-0.1, -0.05) is 13.0 Å². The Morgan fingerprint density at radius 3 is 2.75 bits per heavy atom. The number of likely N-dealkylation sites (N-methyl/N-ethyl adjacent to an activating group) is 1. The standard InChI is InChI=1S/C13H19FN2/c1-3-16(13-7-15-8-13)9-11-6-12(14)5-4-10(11)2/h4-6,13,15H,3,7-9H2,1-2H3. The summed E-state index contributed by atoms with van der Waals surface area (Å²) in [7, 11) is 0. The van der Waals surface area contributed by atoms with Crippen LogP contribution in [-0.2, 0) is 6.54 Å². The van der Waals surface area contributed by atoms with Crippen LogP contribution in [-0.4, -0.2) is 30.6 Å². The zero-order valence-electron chi connectivity index (χ0n) is 9.96. The lowest BCUT2D eigenvalue weighted by Gasteiger charge is -2.37. The lowest BCUT2D eigenvalue weighted by Crippen LogP contribution is -2.56. The summed E-state index contributed by atoms with van der Waals surface area (Å²) in [5.74, 6) is -0.136. The number of nitrogens with zero attached hydrogens (tertiary/aromatic N) is 1. The van der Waals surface area contributed by atoms with Crippen molar-refractivity contribution in [1.82, 2.24) is 10.2 Å². The molecule has 0 spiro atoms. The molecule has 0 amide bonds. The van der Waals surface area contributed by atoms with Crippen LogP contribution in [0.2, 0.25) is 0 Å². The van der Waals surface area contributed by atoms with E-state index in [1.54, 1.807) is 6.07 Å². The number of benzene rings is 1. The third kappa shape index (κ3) is 2.42. The van der Waals surface area contributed by atoms with E-state index in [1.165, 1.54) is 11.6 Å². The Kier molecular flexibility index (Phi) is 3.56. The van der Waals surface area contributed by atoms with Crippen molar-refractivity contribution in [2.75, 3.05) is 19.6 Å². The van der Waals surface area contributed by atoms with Gasteiger partial charge in [-0.05, 0) is 36.7 Å². The Bertz CT molecular complexity index is 361. The van der Waals surface area contributed by atoms with Crippen molar-refractivity contribution in [1.29, 1.82) is 0 Å². The van der Waals surface area contributed by atoms with Crippen molar-refractivity contribution < 1.29 is 4.39 Å². The quantitative estimate of drug-likeness (QED) is 0.837. The lowest BCUT2D eigenvalue weighted by atomic mass is 10.1. The molecule has 2 nitrogen and oxygen atoms in total. The van der Waals surface area contributed by atoms with Gasteiger partial charge in [-0.2, -0.15) is 0 Å². The van der Waals surface area contributed by atoms with Crippen LogP contribution in [0.4, 0.5) is 4.39 Å². The third-order valence-electron chi connectivity index (χ3n) is 3.37. The maximum Gasteiger partial charge on any atom is 0.123 e. The number of halogens is 1. The second kappa shape index (κ2) is 4.93. The minimum Gasteiger partial charge on any atom is -0.314 e. The maximum absolute atomic E-state index is 13.2. The van der Waals surface area contributed by atoms with E-state index in [2.05, 4.69) is 17.1 Å². The molecule has 1 aliphatic rings. The van der Waals surface area contributed by atoms with Gasteiger partial charge < -0.3 is 5.32 Å². The SMILES string of the molecule is CCN(Cc1cc(F)ccc1C)C1CNC1. The fraction of sp³-hybridized carbons (Fsp3) is 0.538. The molecule has 0 aliphatic carbocycles. The largest absolute Gasteiger partial charge is 0.314 e. The molecule has 88 valence electrons. The fourth-order valence-corrected chi connectivity index (χ4v) is 2.06. The van der Waals surface area contributed by atoms with E-state index in [0.717, 1.165) is 31.7 Å². The second-order valence-electron chi connectivity index (χ2n) is 4.45. The molecule has 1 N–H and O–H groups in total. The van der Waals surface area contributed by atoms with Crippen molar-refractivity contribution in [3.8, 4) is 0 Å². The molecule has 2 rings (SSSR count). The van der Waals surface area contributed by atoms with Gasteiger partial charge in [0.1, 0.15) is 5.82 Å². The summed E-state index contributed by atoms with van der Waals surface area (Å²) in [5, 5.41) is 3.27. The molecule has 0 atom stereocenters. The molecule has 0 aromatic heterocycles. The second-order valence-corrected chi connectivity index (χ2v) is 4.45. The van der Waals surface area contributed by atoms with Crippen molar-refractivity contribution in [3.63, 3.8) is 0 Å². The van der Waals surface area contributed by atoms with Crippen LogP contribution in [0.15, 0.2) is 18.2 Å². The Labute approximate surface area is 96.5 Å². The number of aryl methyl sites for hydroxylation is 1. The highest BCUT2D eigenvalue weighted by Gasteiger charge is 2.23. The van der Waals surface area contributed by atoms with Crippen LogP contribution in [0.3, 0.4) is 0 Å². The van der Waals surface area contributed by atoms with Crippen LogP contribution in [0, 0.1) is 12.7 Å². The predicted octanol–water partition coefficient (Wildman–Crippen LogP) is 1.93. The summed E-state index contributed by atoms with van der Waals surface area (Å²) in [6.45, 7) is 8.19. The van der Waals surface area contributed by atoms with Crippen molar-refractivity contribution in [3.05, 3.63) is 35.1 Å². The van der Waals surface area contributed by atoms with Gasteiger partial charge in [0.2, 0.25) is 0 Å². The highest BCUT2D eigenvalue weighted by atomic mass is 19.1. The van der Waals surface area contributed by atoms with Gasteiger partial charge in [-0.15, -0.1) is 0 Å². The summed E-state index contributed by atoms with van der Waals surface area (Å²) in [6, 6.07) is 5.66. The Morgan fingerprint density at radius 2 is 2.19 bits per heavy atom. The minimum absolute atomic E-state index is 0.136. The van der Waals surface area contributed by atoms with E-state index in [9.17, 15) is 4.39 Å². The summed E-state index contributed by atoms with van der Waals surface area (Å²) in [6.07, 6.45) is 0. The van der Waals surface area contributed by atoms with E-state index in [1.807, 2.05) is 13.0 Å². The summed E-state index contributed by atoms with van der Waals surface area (Å²) in [5.41, 5.74) is 2.28. The number of hydrogen-bond acceptors (Lipinski definition) is 2. The third-order valence-corrected chi connectivity index (χ3v) is 3.37. The first kappa shape index (κ1) is 11.6. The number of hydrogen-bond donors (Lipinski definition) is 1. The minimum atomic E-state index is -0.136. The predicted molar refractivity (Wildman–Crippen MR) is 63.9 cm³/mol. The van der Waals surface area contributed by atoms with Crippen molar-refractivity contribution >= 4 is 0 Å². The molecule has 1 aromatic rings. The number of nitrogens with one attached hydrogen (secondary N) is 1. The van der Waals surface area contributed by atoms with Crippen LogP contribution in [0.5, 0.6) is 0 Å². The molecule has 1 fully saturated rings. The van der Waals surface area contributed by atoms with Crippen LogP contribution >= 0.6 is 0 Å². The fourth-order valence-electron chi connectivity index (χ4n) is 2.06. The van der Waals surface area contributed by atoms with Gasteiger partial charge in [-0.25, -0.2) is 4.39 Å². The molecule has 0 radical (unpaired) electrons. The Balaban J connectivity index is 2.08. The van der Waals surface area contributed by atoms with Crippen LogP contribution in [0.1, 0.15) is 18.1 Å². The maximum atomic E-state index is 13.2. The Hall–Kier alpha value is -0.930. The van der Waals surface area contributed by atoms with Gasteiger partial charge in [0.25, 0.3) is 0 Å². The summed E-state index contributed by atoms with van der Waals surface area (Å²) < 4.78 is 13.2. The normalized spacial score (nSPS) is 16.5. The molecular weight excluding hydrogens is 203 g/mol. The first-order chi connectivity index (χ1) is 7.70. The van der Waals surface area contributed by atoms with Gasteiger partial charge in [0.15, 0.2) is 0 Å². The molecule has 0 saturated carbocycles.